The lowest BCUT2D eigenvalue weighted by Gasteiger charge is -2.07. The molecule has 0 aliphatic rings. The highest BCUT2D eigenvalue weighted by molar-refractivity contribution is 5.30. The molecule has 0 amide bonds. The van der Waals surface area contributed by atoms with Crippen molar-refractivity contribution >= 4 is 0 Å². The van der Waals surface area contributed by atoms with Gasteiger partial charge in [0.15, 0.2) is 0 Å². The van der Waals surface area contributed by atoms with E-state index in [1.807, 2.05) is 6.92 Å². The first-order chi connectivity index (χ1) is 7.13. The van der Waals surface area contributed by atoms with Crippen LogP contribution < -0.4 is 5.32 Å². The molecule has 0 bridgehead atoms. The third-order valence-electron chi connectivity index (χ3n) is 2.63. The van der Waals surface area contributed by atoms with Crippen LogP contribution in [-0.2, 0) is 6.42 Å². The largest absolute Gasteiger partial charge is 0.302 e. The van der Waals surface area contributed by atoms with Crippen LogP contribution in [0.1, 0.15) is 23.6 Å². The Hall–Kier alpha value is -1.33. The van der Waals surface area contributed by atoms with Gasteiger partial charge in [-0.2, -0.15) is 5.26 Å². The number of hydrogen-bond acceptors (Lipinski definition) is 2. The molecule has 0 spiro atoms. The number of aryl methyl sites for hydroxylation is 2. The van der Waals surface area contributed by atoms with E-state index in [0.717, 1.165) is 13.0 Å². The van der Waals surface area contributed by atoms with Gasteiger partial charge in [-0.15, -0.1) is 0 Å². The summed E-state index contributed by atoms with van der Waals surface area (Å²) in [6, 6.07) is 8.62. The molecule has 1 N–H and O–H groups in total. The molecular weight excluding hydrogens is 184 g/mol. The molecule has 2 nitrogen and oxygen atoms in total. The molecule has 1 aromatic carbocycles. The zero-order valence-corrected chi connectivity index (χ0v) is 9.67. The lowest BCUT2D eigenvalue weighted by atomic mass is 10.0. The van der Waals surface area contributed by atoms with E-state index < -0.39 is 0 Å². The SMILES string of the molecule is Cc1ccc(CCNC(C)C#N)cc1C. The van der Waals surface area contributed by atoms with Crippen molar-refractivity contribution in [3.63, 3.8) is 0 Å². The van der Waals surface area contributed by atoms with Crippen LogP contribution >= 0.6 is 0 Å². The summed E-state index contributed by atoms with van der Waals surface area (Å²) >= 11 is 0. The van der Waals surface area contributed by atoms with Crippen molar-refractivity contribution in [1.29, 1.82) is 5.26 Å². The van der Waals surface area contributed by atoms with Crippen LogP contribution in [0.25, 0.3) is 0 Å². The summed E-state index contributed by atoms with van der Waals surface area (Å²) in [5.41, 5.74) is 3.99. The van der Waals surface area contributed by atoms with E-state index in [2.05, 4.69) is 43.4 Å². The Balaban J connectivity index is 2.45. The van der Waals surface area contributed by atoms with Gasteiger partial charge in [0.25, 0.3) is 0 Å². The molecule has 1 rings (SSSR count). The normalized spacial score (nSPS) is 12.1. The standard InChI is InChI=1S/C13H18N2/c1-10-4-5-13(8-11(10)2)6-7-15-12(3)9-14/h4-5,8,12,15H,6-7H2,1-3H3. The summed E-state index contributed by atoms with van der Waals surface area (Å²) in [5, 5.41) is 11.8. The average molecular weight is 202 g/mol. The molecule has 15 heavy (non-hydrogen) atoms. The quantitative estimate of drug-likeness (QED) is 0.813. The number of hydrogen-bond donors (Lipinski definition) is 1. The molecule has 0 radical (unpaired) electrons. The summed E-state index contributed by atoms with van der Waals surface area (Å²) in [4.78, 5) is 0. The zero-order chi connectivity index (χ0) is 11.3. The topological polar surface area (TPSA) is 35.8 Å². The van der Waals surface area contributed by atoms with Crippen molar-refractivity contribution in [3.05, 3.63) is 34.9 Å². The predicted molar refractivity (Wildman–Crippen MR) is 62.7 cm³/mol. The maximum atomic E-state index is 8.60. The van der Waals surface area contributed by atoms with E-state index in [0.29, 0.717) is 0 Å². The fourth-order valence-corrected chi connectivity index (χ4v) is 1.44. The second-order valence-corrected chi connectivity index (χ2v) is 3.97. The Morgan fingerprint density at radius 3 is 2.67 bits per heavy atom. The molecule has 2 heteroatoms. The van der Waals surface area contributed by atoms with Crippen molar-refractivity contribution < 1.29 is 0 Å². The monoisotopic (exact) mass is 202 g/mol. The van der Waals surface area contributed by atoms with Gasteiger partial charge in [-0.25, -0.2) is 0 Å². The molecule has 0 fully saturated rings. The Kier molecular flexibility index (Phi) is 4.33. The predicted octanol–water partition coefficient (Wildman–Crippen LogP) is 2.35. The van der Waals surface area contributed by atoms with Crippen LogP contribution in [0.3, 0.4) is 0 Å². The van der Waals surface area contributed by atoms with E-state index in [1.54, 1.807) is 0 Å². The molecule has 0 saturated heterocycles. The maximum absolute atomic E-state index is 8.60. The van der Waals surface area contributed by atoms with E-state index in [9.17, 15) is 0 Å². The second kappa shape index (κ2) is 5.53. The fourth-order valence-electron chi connectivity index (χ4n) is 1.44. The van der Waals surface area contributed by atoms with Crippen molar-refractivity contribution in [2.75, 3.05) is 6.54 Å². The third kappa shape index (κ3) is 3.73. The van der Waals surface area contributed by atoms with Crippen molar-refractivity contribution in [2.45, 2.75) is 33.2 Å². The molecule has 0 aliphatic heterocycles. The molecule has 0 aliphatic carbocycles. The average Bonchev–Trinajstić information content (AvgIpc) is 2.23. The van der Waals surface area contributed by atoms with Crippen LogP contribution in [0.5, 0.6) is 0 Å². The number of nitrogens with one attached hydrogen (secondary N) is 1. The minimum Gasteiger partial charge on any atom is -0.302 e. The van der Waals surface area contributed by atoms with Gasteiger partial charge < -0.3 is 5.32 Å². The Labute approximate surface area is 91.9 Å². The summed E-state index contributed by atoms with van der Waals surface area (Å²) in [6.07, 6.45) is 0.979. The molecule has 80 valence electrons. The lowest BCUT2D eigenvalue weighted by Crippen LogP contribution is -2.26. The molecule has 1 unspecified atom stereocenters. The maximum Gasteiger partial charge on any atom is 0.0924 e. The highest BCUT2D eigenvalue weighted by atomic mass is 14.9. The number of nitrogens with zero attached hydrogens (tertiary/aromatic N) is 1. The zero-order valence-electron chi connectivity index (χ0n) is 9.67. The first-order valence-electron chi connectivity index (χ1n) is 5.32. The van der Waals surface area contributed by atoms with Crippen molar-refractivity contribution in [1.82, 2.24) is 5.32 Å². The van der Waals surface area contributed by atoms with Gasteiger partial charge >= 0.3 is 0 Å². The molecule has 0 saturated carbocycles. The third-order valence-corrected chi connectivity index (χ3v) is 2.63. The van der Waals surface area contributed by atoms with Gasteiger partial charge in [0.1, 0.15) is 0 Å². The van der Waals surface area contributed by atoms with Gasteiger partial charge in [0, 0.05) is 6.54 Å². The van der Waals surface area contributed by atoms with Gasteiger partial charge in [-0.1, -0.05) is 18.2 Å². The van der Waals surface area contributed by atoms with Crippen LogP contribution in [0.4, 0.5) is 0 Å². The number of benzene rings is 1. The van der Waals surface area contributed by atoms with Crippen molar-refractivity contribution in [3.8, 4) is 6.07 Å². The summed E-state index contributed by atoms with van der Waals surface area (Å²) in [6.45, 7) is 6.98. The van der Waals surface area contributed by atoms with E-state index >= 15 is 0 Å². The summed E-state index contributed by atoms with van der Waals surface area (Å²) < 4.78 is 0. The number of rotatable bonds is 4. The van der Waals surface area contributed by atoms with Crippen LogP contribution in [0.2, 0.25) is 0 Å². The minimum absolute atomic E-state index is 0.0588. The van der Waals surface area contributed by atoms with Gasteiger partial charge in [-0.05, 0) is 43.9 Å². The smallest absolute Gasteiger partial charge is 0.0924 e. The van der Waals surface area contributed by atoms with Gasteiger partial charge in [0.2, 0.25) is 0 Å². The second-order valence-electron chi connectivity index (χ2n) is 3.97. The van der Waals surface area contributed by atoms with Crippen LogP contribution in [0.15, 0.2) is 18.2 Å². The van der Waals surface area contributed by atoms with Crippen LogP contribution in [-0.4, -0.2) is 12.6 Å². The molecular formula is C13H18N2. The Morgan fingerprint density at radius 2 is 2.07 bits per heavy atom. The Bertz CT molecular complexity index is 363. The molecule has 0 aromatic heterocycles. The summed E-state index contributed by atoms with van der Waals surface area (Å²) in [5.74, 6) is 0. The fraction of sp³-hybridized carbons (Fsp3) is 0.462. The summed E-state index contributed by atoms with van der Waals surface area (Å²) in [7, 11) is 0. The first-order valence-corrected chi connectivity index (χ1v) is 5.32. The van der Waals surface area contributed by atoms with E-state index in [4.69, 9.17) is 5.26 Å². The Morgan fingerprint density at radius 1 is 1.33 bits per heavy atom. The van der Waals surface area contributed by atoms with E-state index in [-0.39, 0.29) is 6.04 Å². The molecule has 0 heterocycles. The van der Waals surface area contributed by atoms with E-state index in [1.165, 1.54) is 16.7 Å². The first kappa shape index (κ1) is 11.7. The highest BCUT2D eigenvalue weighted by Crippen LogP contribution is 2.09. The minimum atomic E-state index is -0.0588. The van der Waals surface area contributed by atoms with Gasteiger partial charge in [0.05, 0.1) is 12.1 Å². The number of nitriles is 1. The van der Waals surface area contributed by atoms with Crippen molar-refractivity contribution in [2.24, 2.45) is 0 Å². The van der Waals surface area contributed by atoms with Crippen LogP contribution in [0, 0.1) is 25.2 Å². The lowest BCUT2D eigenvalue weighted by molar-refractivity contribution is 0.640. The molecule has 1 atom stereocenters. The van der Waals surface area contributed by atoms with Gasteiger partial charge in [-0.3, -0.25) is 0 Å². The molecule has 1 aromatic rings. The highest BCUT2D eigenvalue weighted by Gasteiger charge is 1.99.